The van der Waals surface area contributed by atoms with Gasteiger partial charge < -0.3 is 9.88 Å². The first kappa shape index (κ1) is 13.7. The van der Waals surface area contributed by atoms with E-state index in [0.29, 0.717) is 12.1 Å². The van der Waals surface area contributed by atoms with E-state index in [4.69, 9.17) is 0 Å². The van der Waals surface area contributed by atoms with Gasteiger partial charge in [0.05, 0.1) is 12.0 Å². The van der Waals surface area contributed by atoms with Crippen LogP contribution in [0.2, 0.25) is 0 Å². The molecule has 19 heavy (non-hydrogen) atoms. The SMILES string of the molecule is Cc1ccc(-n2cncc2CNC(C)(C)C)cc1F. The van der Waals surface area contributed by atoms with Gasteiger partial charge in [-0.2, -0.15) is 0 Å². The third-order valence-electron chi connectivity index (χ3n) is 2.95. The number of imidazole rings is 1. The van der Waals surface area contributed by atoms with Crippen LogP contribution < -0.4 is 5.32 Å². The van der Waals surface area contributed by atoms with Crippen LogP contribution in [0.5, 0.6) is 0 Å². The minimum atomic E-state index is -0.194. The molecule has 0 aliphatic heterocycles. The molecule has 0 unspecified atom stereocenters. The van der Waals surface area contributed by atoms with Gasteiger partial charge in [0.2, 0.25) is 0 Å². The van der Waals surface area contributed by atoms with Crippen LogP contribution in [0.15, 0.2) is 30.7 Å². The molecule has 3 nitrogen and oxygen atoms in total. The van der Waals surface area contributed by atoms with Crippen molar-refractivity contribution in [3.05, 3.63) is 47.8 Å². The summed E-state index contributed by atoms with van der Waals surface area (Å²) in [6.07, 6.45) is 3.51. The summed E-state index contributed by atoms with van der Waals surface area (Å²) in [5, 5.41) is 3.41. The lowest BCUT2D eigenvalue weighted by atomic mass is 10.1. The van der Waals surface area contributed by atoms with Crippen LogP contribution in [0.1, 0.15) is 32.0 Å². The molecule has 1 N–H and O–H groups in total. The summed E-state index contributed by atoms with van der Waals surface area (Å²) in [6.45, 7) is 8.78. The summed E-state index contributed by atoms with van der Waals surface area (Å²) in [5.41, 5.74) is 2.50. The van der Waals surface area contributed by atoms with Gasteiger partial charge in [0.1, 0.15) is 5.82 Å². The summed E-state index contributed by atoms with van der Waals surface area (Å²) >= 11 is 0. The highest BCUT2D eigenvalue weighted by molar-refractivity contribution is 5.36. The largest absolute Gasteiger partial charge is 0.306 e. The van der Waals surface area contributed by atoms with Gasteiger partial charge in [0.15, 0.2) is 0 Å². The van der Waals surface area contributed by atoms with Crippen LogP contribution in [0.4, 0.5) is 4.39 Å². The smallest absolute Gasteiger partial charge is 0.128 e. The Morgan fingerprint density at radius 2 is 2.05 bits per heavy atom. The van der Waals surface area contributed by atoms with Crippen molar-refractivity contribution in [3.8, 4) is 5.69 Å². The molecule has 1 aromatic heterocycles. The molecular weight excluding hydrogens is 241 g/mol. The summed E-state index contributed by atoms with van der Waals surface area (Å²) in [7, 11) is 0. The van der Waals surface area contributed by atoms with Crippen LogP contribution in [0.25, 0.3) is 5.69 Å². The van der Waals surface area contributed by atoms with Crippen molar-refractivity contribution in [1.29, 1.82) is 0 Å². The van der Waals surface area contributed by atoms with Crippen LogP contribution in [-0.2, 0) is 6.54 Å². The fourth-order valence-corrected chi connectivity index (χ4v) is 1.77. The Morgan fingerprint density at radius 1 is 1.32 bits per heavy atom. The number of hydrogen-bond acceptors (Lipinski definition) is 2. The van der Waals surface area contributed by atoms with E-state index in [-0.39, 0.29) is 11.4 Å². The standard InChI is InChI=1S/C15H20FN3/c1-11-5-6-12(7-14(11)16)19-10-17-8-13(19)9-18-15(2,3)4/h5-8,10,18H,9H2,1-4H3. The van der Waals surface area contributed by atoms with Gasteiger partial charge in [-0.05, 0) is 45.4 Å². The van der Waals surface area contributed by atoms with E-state index >= 15 is 0 Å². The second-order valence-corrected chi connectivity index (χ2v) is 5.79. The molecule has 0 aliphatic rings. The second kappa shape index (κ2) is 5.13. The van der Waals surface area contributed by atoms with Crippen molar-refractivity contribution >= 4 is 0 Å². The number of aryl methyl sites for hydroxylation is 1. The van der Waals surface area contributed by atoms with Gasteiger partial charge in [-0.1, -0.05) is 6.07 Å². The van der Waals surface area contributed by atoms with Crippen LogP contribution >= 0.6 is 0 Å². The van der Waals surface area contributed by atoms with Gasteiger partial charge in [0.25, 0.3) is 0 Å². The van der Waals surface area contributed by atoms with E-state index in [9.17, 15) is 4.39 Å². The molecule has 1 heterocycles. The number of aromatic nitrogens is 2. The van der Waals surface area contributed by atoms with Crippen LogP contribution in [0.3, 0.4) is 0 Å². The highest BCUT2D eigenvalue weighted by atomic mass is 19.1. The molecule has 2 aromatic rings. The molecule has 0 saturated heterocycles. The lowest BCUT2D eigenvalue weighted by Crippen LogP contribution is -2.35. The van der Waals surface area contributed by atoms with Gasteiger partial charge in [0, 0.05) is 24.0 Å². The van der Waals surface area contributed by atoms with E-state index in [2.05, 4.69) is 31.1 Å². The maximum absolute atomic E-state index is 13.6. The monoisotopic (exact) mass is 261 g/mol. The van der Waals surface area contributed by atoms with Crippen molar-refractivity contribution in [2.75, 3.05) is 0 Å². The zero-order valence-electron chi connectivity index (χ0n) is 11.9. The highest BCUT2D eigenvalue weighted by Crippen LogP contribution is 2.16. The zero-order valence-corrected chi connectivity index (χ0v) is 11.9. The lowest BCUT2D eigenvalue weighted by Gasteiger charge is -2.21. The third-order valence-corrected chi connectivity index (χ3v) is 2.95. The maximum Gasteiger partial charge on any atom is 0.128 e. The summed E-state index contributed by atoms with van der Waals surface area (Å²) in [5.74, 6) is -0.194. The zero-order chi connectivity index (χ0) is 14.0. The van der Waals surface area contributed by atoms with Gasteiger partial charge in [-0.25, -0.2) is 9.37 Å². The minimum Gasteiger partial charge on any atom is -0.306 e. The van der Waals surface area contributed by atoms with E-state index < -0.39 is 0 Å². The number of halogens is 1. The molecule has 0 aliphatic carbocycles. The molecule has 0 atom stereocenters. The van der Waals surface area contributed by atoms with Crippen molar-refractivity contribution in [2.24, 2.45) is 0 Å². The Kier molecular flexibility index (Phi) is 3.71. The Hall–Kier alpha value is -1.68. The summed E-state index contributed by atoms with van der Waals surface area (Å²) < 4.78 is 15.5. The average Bonchev–Trinajstić information content (AvgIpc) is 2.77. The minimum absolute atomic E-state index is 0.0353. The molecule has 0 saturated carbocycles. The quantitative estimate of drug-likeness (QED) is 0.919. The van der Waals surface area contributed by atoms with E-state index in [0.717, 1.165) is 11.4 Å². The molecular formula is C15H20FN3. The highest BCUT2D eigenvalue weighted by Gasteiger charge is 2.11. The Balaban J connectivity index is 2.26. The van der Waals surface area contributed by atoms with Gasteiger partial charge >= 0.3 is 0 Å². The van der Waals surface area contributed by atoms with Crippen LogP contribution in [-0.4, -0.2) is 15.1 Å². The third kappa shape index (κ3) is 3.41. The number of nitrogens with zero attached hydrogens (tertiary/aromatic N) is 2. The maximum atomic E-state index is 13.6. The first-order valence-corrected chi connectivity index (χ1v) is 6.39. The van der Waals surface area contributed by atoms with Crippen molar-refractivity contribution in [3.63, 3.8) is 0 Å². The fraction of sp³-hybridized carbons (Fsp3) is 0.400. The van der Waals surface area contributed by atoms with Gasteiger partial charge in [-0.15, -0.1) is 0 Å². The number of benzene rings is 1. The molecule has 2 rings (SSSR count). The molecule has 1 aromatic carbocycles. The number of rotatable bonds is 3. The van der Waals surface area contributed by atoms with Crippen LogP contribution in [0, 0.1) is 12.7 Å². The van der Waals surface area contributed by atoms with E-state index in [1.807, 2.05) is 10.6 Å². The molecule has 0 spiro atoms. The Morgan fingerprint density at radius 3 is 2.68 bits per heavy atom. The predicted octanol–water partition coefficient (Wildman–Crippen LogP) is 3.21. The molecule has 4 heteroatoms. The average molecular weight is 261 g/mol. The molecule has 0 bridgehead atoms. The summed E-state index contributed by atoms with van der Waals surface area (Å²) in [6, 6.07) is 5.23. The fourth-order valence-electron chi connectivity index (χ4n) is 1.77. The number of hydrogen-bond donors (Lipinski definition) is 1. The van der Waals surface area contributed by atoms with Gasteiger partial charge in [-0.3, -0.25) is 0 Å². The molecule has 0 radical (unpaired) electrons. The summed E-state index contributed by atoms with van der Waals surface area (Å²) in [4.78, 5) is 4.15. The van der Waals surface area contributed by atoms with Crippen molar-refractivity contribution < 1.29 is 4.39 Å². The van der Waals surface area contributed by atoms with E-state index in [1.165, 1.54) is 6.07 Å². The Bertz CT molecular complexity index is 567. The topological polar surface area (TPSA) is 29.9 Å². The lowest BCUT2D eigenvalue weighted by molar-refractivity contribution is 0.419. The molecule has 0 fully saturated rings. The number of nitrogens with one attached hydrogen (secondary N) is 1. The second-order valence-electron chi connectivity index (χ2n) is 5.79. The van der Waals surface area contributed by atoms with E-state index in [1.54, 1.807) is 25.5 Å². The first-order chi connectivity index (χ1) is 8.87. The first-order valence-electron chi connectivity index (χ1n) is 6.39. The molecule has 102 valence electrons. The Labute approximate surface area is 113 Å². The van der Waals surface area contributed by atoms with Crippen molar-refractivity contribution in [1.82, 2.24) is 14.9 Å². The normalized spacial score (nSPS) is 11.8. The van der Waals surface area contributed by atoms with Crippen molar-refractivity contribution in [2.45, 2.75) is 39.8 Å². The predicted molar refractivity (Wildman–Crippen MR) is 74.9 cm³/mol. The molecule has 0 amide bonds.